The second-order valence-corrected chi connectivity index (χ2v) is 3.16. The number of imidazole rings is 1. The number of aromatic nitrogens is 2. The summed E-state index contributed by atoms with van der Waals surface area (Å²) >= 11 is 0. The number of benzene rings is 1. The zero-order valence-electron chi connectivity index (χ0n) is 8.33. The fourth-order valence-electron chi connectivity index (χ4n) is 1.34. The van der Waals surface area contributed by atoms with Gasteiger partial charge in [0.1, 0.15) is 0 Å². The van der Waals surface area contributed by atoms with Gasteiger partial charge in [-0.25, -0.2) is 4.98 Å². The van der Waals surface area contributed by atoms with E-state index < -0.39 is 4.92 Å². The van der Waals surface area contributed by atoms with E-state index in [1.807, 2.05) is 6.07 Å². The summed E-state index contributed by atoms with van der Waals surface area (Å²) in [5.41, 5.74) is 1.22. The Balaban J connectivity index is 2.43. The smallest absolute Gasteiger partial charge is 0.278 e. The maximum Gasteiger partial charge on any atom is 0.278 e. The maximum absolute atomic E-state index is 10.9. The van der Waals surface area contributed by atoms with Crippen molar-refractivity contribution in [1.29, 1.82) is 0 Å². The molecule has 0 atom stereocenters. The Bertz CT molecular complexity index is 503. The standard InChI is InChI=1S/C11H9N3O2/c15-14(16)11(6-10-7-12-8-13-10)9-4-2-1-3-5-9/h1-8H,(H,12,13)/b11-6-. The quantitative estimate of drug-likeness (QED) is 0.630. The molecule has 0 radical (unpaired) electrons. The van der Waals surface area contributed by atoms with Crippen LogP contribution in [0.5, 0.6) is 0 Å². The van der Waals surface area contributed by atoms with E-state index in [1.165, 1.54) is 18.6 Å². The summed E-state index contributed by atoms with van der Waals surface area (Å²) in [6.45, 7) is 0. The van der Waals surface area contributed by atoms with Crippen molar-refractivity contribution in [2.24, 2.45) is 0 Å². The molecule has 5 nitrogen and oxygen atoms in total. The lowest BCUT2D eigenvalue weighted by Crippen LogP contribution is -1.97. The van der Waals surface area contributed by atoms with Crippen molar-refractivity contribution in [2.45, 2.75) is 0 Å². The van der Waals surface area contributed by atoms with E-state index in [1.54, 1.807) is 24.3 Å². The highest BCUT2D eigenvalue weighted by Gasteiger charge is 2.13. The van der Waals surface area contributed by atoms with Gasteiger partial charge in [-0.05, 0) is 12.1 Å². The Labute approximate surface area is 91.6 Å². The number of rotatable bonds is 3. The number of nitrogens with one attached hydrogen (secondary N) is 1. The van der Waals surface area contributed by atoms with E-state index in [-0.39, 0.29) is 5.70 Å². The minimum atomic E-state index is -0.407. The highest BCUT2D eigenvalue weighted by molar-refractivity contribution is 5.74. The summed E-state index contributed by atoms with van der Waals surface area (Å²) in [5, 5.41) is 10.9. The zero-order chi connectivity index (χ0) is 11.4. The van der Waals surface area contributed by atoms with Crippen LogP contribution in [0.25, 0.3) is 11.8 Å². The second kappa shape index (κ2) is 4.39. The van der Waals surface area contributed by atoms with E-state index in [0.29, 0.717) is 11.3 Å². The molecule has 80 valence electrons. The summed E-state index contributed by atoms with van der Waals surface area (Å²) < 4.78 is 0. The molecule has 0 saturated heterocycles. The molecule has 0 fully saturated rings. The van der Waals surface area contributed by atoms with E-state index >= 15 is 0 Å². The third-order valence-corrected chi connectivity index (χ3v) is 2.08. The third-order valence-electron chi connectivity index (χ3n) is 2.08. The van der Waals surface area contributed by atoms with Gasteiger partial charge in [0.15, 0.2) is 0 Å². The molecule has 0 aliphatic heterocycles. The molecule has 0 unspecified atom stereocenters. The highest BCUT2D eigenvalue weighted by Crippen LogP contribution is 2.17. The van der Waals surface area contributed by atoms with Crippen LogP contribution in [0.3, 0.4) is 0 Å². The largest absolute Gasteiger partial charge is 0.345 e. The molecule has 1 heterocycles. The molecule has 1 aromatic heterocycles. The lowest BCUT2D eigenvalue weighted by molar-refractivity contribution is -0.374. The first-order valence-electron chi connectivity index (χ1n) is 4.67. The lowest BCUT2D eigenvalue weighted by atomic mass is 10.1. The molecule has 16 heavy (non-hydrogen) atoms. The van der Waals surface area contributed by atoms with E-state index in [4.69, 9.17) is 0 Å². The van der Waals surface area contributed by atoms with E-state index in [9.17, 15) is 10.1 Å². The van der Waals surface area contributed by atoms with Gasteiger partial charge in [0, 0.05) is 6.08 Å². The van der Waals surface area contributed by atoms with Gasteiger partial charge in [-0.1, -0.05) is 18.2 Å². The summed E-state index contributed by atoms with van der Waals surface area (Å²) in [6.07, 6.45) is 4.48. The Morgan fingerprint density at radius 2 is 2.12 bits per heavy atom. The highest BCUT2D eigenvalue weighted by atomic mass is 16.6. The van der Waals surface area contributed by atoms with Crippen LogP contribution in [0, 0.1) is 10.1 Å². The molecular formula is C11H9N3O2. The Kier molecular flexibility index (Phi) is 2.77. The van der Waals surface area contributed by atoms with E-state index in [0.717, 1.165) is 0 Å². The molecule has 0 saturated carbocycles. The number of nitrogens with zero attached hydrogens (tertiary/aromatic N) is 2. The minimum Gasteiger partial charge on any atom is -0.345 e. The zero-order valence-corrected chi connectivity index (χ0v) is 8.33. The fraction of sp³-hybridized carbons (Fsp3) is 0. The van der Waals surface area contributed by atoms with Crippen molar-refractivity contribution in [3.63, 3.8) is 0 Å². The van der Waals surface area contributed by atoms with Crippen molar-refractivity contribution < 1.29 is 4.92 Å². The van der Waals surface area contributed by atoms with Crippen molar-refractivity contribution in [1.82, 2.24) is 9.97 Å². The molecule has 0 bridgehead atoms. The summed E-state index contributed by atoms with van der Waals surface area (Å²) in [4.78, 5) is 17.1. The van der Waals surface area contributed by atoms with Crippen molar-refractivity contribution in [3.8, 4) is 0 Å². The molecule has 1 aromatic carbocycles. The molecule has 0 aliphatic rings. The molecule has 2 rings (SSSR count). The Hall–Kier alpha value is -2.43. The maximum atomic E-state index is 10.9. The first kappa shape index (κ1) is 10.1. The summed E-state index contributed by atoms with van der Waals surface area (Å²) in [5.74, 6) is 0. The second-order valence-electron chi connectivity index (χ2n) is 3.16. The van der Waals surface area contributed by atoms with Crippen LogP contribution in [0.4, 0.5) is 0 Å². The lowest BCUT2D eigenvalue weighted by Gasteiger charge is -1.97. The van der Waals surface area contributed by atoms with Gasteiger partial charge in [0.25, 0.3) is 5.70 Å². The van der Waals surface area contributed by atoms with Gasteiger partial charge in [-0.3, -0.25) is 10.1 Å². The predicted molar refractivity (Wildman–Crippen MR) is 59.9 cm³/mol. The number of aromatic amines is 1. The van der Waals surface area contributed by atoms with E-state index in [2.05, 4.69) is 9.97 Å². The first-order chi connectivity index (χ1) is 7.77. The van der Waals surface area contributed by atoms with Gasteiger partial charge in [-0.15, -0.1) is 0 Å². The van der Waals surface area contributed by atoms with Crippen LogP contribution in [0.2, 0.25) is 0 Å². The molecular weight excluding hydrogens is 206 g/mol. The van der Waals surface area contributed by atoms with Crippen LogP contribution in [0.1, 0.15) is 11.3 Å². The monoisotopic (exact) mass is 215 g/mol. The Morgan fingerprint density at radius 1 is 1.38 bits per heavy atom. The molecule has 0 aliphatic carbocycles. The van der Waals surface area contributed by atoms with Crippen molar-refractivity contribution >= 4 is 11.8 Å². The summed E-state index contributed by atoms with van der Waals surface area (Å²) in [7, 11) is 0. The van der Waals surface area contributed by atoms with Crippen LogP contribution < -0.4 is 0 Å². The van der Waals surface area contributed by atoms with Gasteiger partial charge in [0.2, 0.25) is 0 Å². The molecule has 0 spiro atoms. The van der Waals surface area contributed by atoms with Crippen LogP contribution in [-0.2, 0) is 0 Å². The predicted octanol–water partition coefficient (Wildman–Crippen LogP) is 2.18. The number of hydrogen-bond acceptors (Lipinski definition) is 3. The fourth-order valence-corrected chi connectivity index (χ4v) is 1.34. The molecule has 2 aromatic rings. The minimum absolute atomic E-state index is 0.0462. The number of H-pyrrole nitrogens is 1. The number of hydrogen-bond donors (Lipinski definition) is 1. The SMILES string of the molecule is O=[N+]([O-])/C(=C\c1cnc[nH]1)c1ccccc1. The van der Waals surface area contributed by atoms with Gasteiger partial charge in [0.05, 0.1) is 28.7 Å². The van der Waals surface area contributed by atoms with Crippen LogP contribution in [0.15, 0.2) is 42.9 Å². The Morgan fingerprint density at radius 3 is 2.69 bits per heavy atom. The molecule has 1 N–H and O–H groups in total. The van der Waals surface area contributed by atoms with Crippen molar-refractivity contribution in [2.75, 3.05) is 0 Å². The van der Waals surface area contributed by atoms with Gasteiger partial charge >= 0.3 is 0 Å². The topological polar surface area (TPSA) is 71.8 Å². The average Bonchev–Trinajstić information content (AvgIpc) is 2.79. The van der Waals surface area contributed by atoms with Gasteiger partial charge in [-0.2, -0.15) is 0 Å². The molecule has 0 amide bonds. The molecule has 5 heteroatoms. The third kappa shape index (κ3) is 2.14. The van der Waals surface area contributed by atoms with Gasteiger partial charge < -0.3 is 4.98 Å². The number of nitro groups is 1. The van der Waals surface area contributed by atoms with Crippen LogP contribution >= 0.6 is 0 Å². The normalized spacial score (nSPS) is 11.4. The first-order valence-corrected chi connectivity index (χ1v) is 4.67. The van der Waals surface area contributed by atoms with Crippen molar-refractivity contribution in [3.05, 3.63) is 64.2 Å². The van der Waals surface area contributed by atoms with Crippen LogP contribution in [-0.4, -0.2) is 14.9 Å². The average molecular weight is 215 g/mol. The summed E-state index contributed by atoms with van der Waals surface area (Å²) in [6, 6.07) is 8.74.